The fourth-order valence-electron chi connectivity index (χ4n) is 1.51. The lowest BCUT2D eigenvalue weighted by Gasteiger charge is -2.07. The Hall–Kier alpha value is -0.990. The van der Waals surface area contributed by atoms with E-state index in [4.69, 9.17) is 0 Å². The maximum Gasteiger partial charge on any atom is 0.341 e. The highest BCUT2D eigenvalue weighted by atomic mass is 79.9. The van der Waals surface area contributed by atoms with Gasteiger partial charge >= 0.3 is 5.76 Å². The van der Waals surface area contributed by atoms with Crippen LogP contribution < -0.4 is 5.32 Å². The monoisotopic (exact) mass is 381 g/mol. The molecule has 0 radical (unpaired) electrons. The molecule has 0 aliphatic carbocycles. The van der Waals surface area contributed by atoms with E-state index in [1.165, 1.54) is 24.3 Å². The number of halogens is 3. The zero-order valence-electron chi connectivity index (χ0n) is 10.0. The van der Waals surface area contributed by atoms with Crippen LogP contribution in [0.1, 0.15) is 5.56 Å². The van der Waals surface area contributed by atoms with Gasteiger partial charge in [0.1, 0.15) is 0 Å². The zero-order chi connectivity index (χ0) is 14.8. The van der Waals surface area contributed by atoms with Gasteiger partial charge < -0.3 is 5.32 Å². The Bertz CT molecular complexity index is 684. The standard InChI is InChI=1S/C12H10BrF2NO2S2/c13-11-5-8(7-19-11)6-16-9-1-3-10(4-2-9)20(17,18)12(14)15/h1-5,7,12,16H,6H2. The van der Waals surface area contributed by atoms with Crippen molar-refractivity contribution < 1.29 is 17.2 Å². The first kappa shape index (κ1) is 15.4. The molecule has 0 spiro atoms. The molecule has 0 unspecified atom stereocenters. The number of rotatable bonds is 5. The molecule has 1 aromatic carbocycles. The summed E-state index contributed by atoms with van der Waals surface area (Å²) in [7, 11) is -4.52. The van der Waals surface area contributed by atoms with Gasteiger partial charge in [-0.2, -0.15) is 8.78 Å². The first-order valence-corrected chi connectivity index (χ1v) is 8.70. The minimum absolute atomic E-state index is 0.378. The Morgan fingerprint density at radius 3 is 2.40 bits per heavy atom. The number of sulfone groups is 1. The fourth-order valence-corrected chi connectivity index (χ4v) is 3.44. The molecule has 2 aromatic rings. The van der Waals surface area contributed by atoms with E-state index >= 15 is 0 Å². The molecular formula is C12H10BrF2NO2S2. The number of thiophene rings is 1. The average Bonchev–Trinajstić information content (AvgIpc) is 2.82. The van der Waals surface area contributed by atoms with Crippen LogP contribution in [0, 0.1) is 0 Å². The lowest BCUT2D eigenvalue weighted by Crippen LogP contribution is -2.11. The molecule has 8 heteroatoms. The first-order valence-electron chi connectivity index (χ1n) is 5.48. The molecule has 0 aliphatic rings. The summed E-state index contributed by atoms with van der Waals surface area (Å²) in [5.41, 5.74) is 1.74. The third kappa shape index (κ3) is 3.56. The largest absolute Gasteiger partial charge is 0.381 e. The Morgan fingerprint density at radius 1 is 1.25 bits per heavy atom. The van der Waals surface area contributed by atoms with Gasteiger partial charge in [-0.3, -0.25) is 0 Å². The molecule has 1 aromatic heterocycles. The van der Waals surface area contributed by atoms with E-state index < -0.39 is 15.6 Å². The van der Waals surface area contributed by atoms with Crippen LogP contribution in [0.4, 0.5) is 14.5 Å². The summed E-state index contributed by atoms with van der Waals surface area (Å²) in [6, 6.07) is 7.25. The second-order valence-electron chi connectivity index (χ2n) is 3.94. The predicted octanol–water partition coefficient (Wildman–Crippen LogP) is 4.12. The van der Waals surface area contributed by atoms with Crippen LogP contribution in [-0.4, -0.2) is 14.2 Å². The van der Waals surface area contributed by atoms with Crippen LogP contribution in [0.5, 0.6) is 0 Å². The van der Waals surface area contributed by atoms with Gasteiger partial charge in [0.2, 0.25) is 9.84 Å². The minimum Gasteiger partial charge on any atom is -0.381 e. The number of nitrogens with one attached hydrogen (secondary N) is 1. The molecule has 2 rings (SSSR count). The van der Waals surface area contributed by atoms with Gasteiger partial charge in [-0.1, -0.05) is 0 Å². The Kier molecular flexibility index (Phi) is 4.77. The second kappa shape index (κ2) is 6.19. The van der Waals surface area contributed by atoms with Crippen molar-refractivity contribution in [3.63, 3.8) is 0 Å². The average molecular weight is 382 g/mol. The summed E-state index contributed by atoms with van der Waals surface area (Å²) in [5.74, 6) is -3.40. The van der Waals surface area contributed by atoms with Gasteiger partial charge in [0.05, 0.1) is 8.68 Å². The van der Waals surface area contributed by atoms with E-state index in [0.717, 1.165) is 9.35 Å². The number of hydrogen-bond acceptors (Lipinski definition) is 4. The van der Waals surface area contributed by atoms with E-state index in [0.29, 0.717) is 12.2 Å². The van der Waals surface area contributed by atoms with Crippen LogP contribution >= 0.6 is 27.3 Å². The lowest BCUT2D eigenvalue weighted by molar-refractivity contribution is 0.234. The SMILES string of the molecule is O=S(=O)(c1ccc(NCc2csc(Br)c2)cc1)C(F)F. The normalized spacial score (nSPS) is 11.8. The summed E-state index contributed by atoms with van der Waals surface area (Å²) in [4.78, 5) is -0.378. The zero-order valence-corrected chi connectivity index (χ0v) is 13.2. The summed E-state index contributed by atoms with van der Waals surface area (Å²) in [6.45, 7) is 0.572. The maximum atomic E-state index is 12.4. The molecular weight excluding hydrogens is 372 g/mol. The van der Waals surface area contributed by atoms with E-state index in [-0.39, 0.29) is 4.90 Å². The van der Waals surface area contributed by atoms with E-state index in [1.807, 2.05) is 11.4 Å². The summed E-state index contributed by atoms with van der Waals surface area (Å²) in [6.07, 6.45) is 0. The molecule has 0 fully saturated rings. The lowest BCUT2D eigenvalue weighted by atomic mass is 10.3. The Morgan fingerprint density at radius 2 is 1.90 bits per heavy atom. The van der Waals surface area contributed by atoms with Crippen LogP contribution in [0.15, 0.2) is 44.4 Å². The summed E-state index contributed by atoms with van der Waals surface area (Å²) >= 11 is 4.92. The number of benzene rings is 1. The molecule has 1 heterocycles. The number of alkyl halides is 2. The van der Waals surface area contributed by atoms with Crippen molar-refractivity contribution in [3.8, 4) is 0 Å². The molecule has 3 nitrogen and oxygen atoms in total. The highest BCUT2D eigenvalue weighted by Crippen LogP contribution is 2.23. The molecule has 0 atom stereocenters. The fraction of sp³-hybridized carbons (Fsp3) is 0.167. The minimum atomic E-state index is -4.52. The third-order valence-corrected chi connectivity index (χ3v) is 5.49. The molecule has 20 heavy (non-hydrogen) atoms. The van der Waals surface area contributed by atoms with Crippen LogP contribution in [0.3, 0.4) is 0 Å². The maximum absolute atomic E-state index is 12.4. The van der Waals surface area contributed by atoms with E-state index in [2.05, 4.69) is 21.2 Å². The van der Waals surface area contributed by atoms with Crippen molar-refractivity contribution in [1.82, 2.24) is 0 Å². The van der Waals surface area contributed by atoms with Crippen molar-refractivity contribution in [2.75, 3.05) is 5.32 Å². The number of anilines is 1. The van der Waals surface area contributed by atoms with Crippen molar-refractivity contribution >= 4 is 42.8 Å². The topological polar surface area (TPSA) is 46.2 Å². The molecule has 1 N–H and O–H groups in total. The van der Waals surface area contributed by atoms with Crippen LogP contribution in [-0.2, 0) is 16.4 Å². The van der Waals surface area contributed by atoms with Gasteiger partial charge in [0.15, 0.2) is 0 Å². The van der Waals surface area contributed by atoms with Gasteiger partial charge in [-0.15, -0.1) is 11.3 Å². The molecule has 0 aliphatic heterocycles. The van der Waals surface area contributed by atoms with Gasteiger partial charge in [-0.05, 0) is 57.2 Å². The van der Waals surface area contributed by atoms with Crippen molar-refractivity contribution in [1.29, 1.82) is 0 Å². The van der Waals surface area contributed by atoms with Gasteiger partial charge in [0.25, 0.3) is 0 Å². The van der Waals surface area contributed by atoms with E-state index in [1.54, 1.807) is 11.3 Å². The quantitative estimate of drug-likeness (QED) is 0.846. The molecule has 0 bridgehead atoms. The number of hydrogen-bond donors (Lipinski definition) is 1. The van der Waals surface area contributed by atoms with Crippen molar-refractivity contribution in [2.24, 2.45) is 0 Å². The summed E-state index contributed by atoms with van der Waals surface area (Å²) < 4.78 is 48.3. The molecule has 0 saturated heterocycles. The molecule has 108 valence electrons. The Labute approximate surface area is 127 Å². The van der Waals surface area contributed by atoms with Crippen molar-refractivity contribution in [3.05, 3.63) is 45.1 Å². The van der Waals surface area contributed by atoms with Gasteiger partial charge in [0, 0.05) is 12.2 Å². The summed E-state index contributed by atoms with van der Waals surface area (Å²) in [5, 5.41) is 5.06. The third-order valence-electron chi connectivity index (χ3n) is 2.54. The van der Waals surface area contributed by atoms with Crippen LogP contribution in [0.2, 0.25) is 0 Å². The van der Waals surface area contributed by atoms with Crippen LogP contribution in [0.25, 0.3) is 0 Å². The predicted molar refractivity (Wildman–Crippen MR) is 79.0 cm³/mol. The van der Waals surface area contributed by atoms with Gasteiger partial charge in [-0.25, -0.2) is 8.42 Å². The molecule has 0 saturated carbocycles. The molecule has 0 amide bonds. The smallest absolute Gasteiger partial charge is 0.341 e. The van der Waals surface area contributed by atoms with Crippen molar-refractivity contribution in [2.45, 2.75) is 17.2 Å². The Balaban J connectivity index is 2.05. The highest BCUT2D eigenvalue weighted by molar-refractivity contribution is 9.11. The second-order valence-corrected chi connectivity index (χ2v) is 8.15. The van der Waals surface area contributed by atoms with E-state index in [9.17, 15) is 17.2 Å². The first-order chi connectivity index (χ1) is 9.39. The highest BCUT2D eigenvalue weighted by Gasteiger charge is 2.26.